The number of hydrogen-bond acceptors (Lipinski definition) is 4. The summed E-state index contributed by atoms with van der Waals surface area (Å²) in [6.45, 7) is 1.84. The highest BCUT2D eigenvalue weighted by molar-refractivity contribution is 7.89. The normalized spacial score (nSPS) is 15.4. The quantitative estimate of drug-likeness (QED) is 0.796. The first kappa shape index (κ1) is 19.8. The molecule has 0 saturated carbocycles. The molecule has 2 aromatic carbocycles. The number of ether oxygens (including phenoxy) is 1. The van der Waals surface area contributed by atoms with Crippen molar-refractivity contribution in [2.75, 3.05) is 32.8 Å². The number of sulfonamides is 1. The molecule has 2 aromatic rings. The molecule has 0 radical (unpaired) electrons. The number of benzene rings is 2. The Bertz CT molecular complexity index is 894. The van der Waals surface area contributed by atoms with Crippen molar-refractivity contribution in [3.63, 3.8) is 0 Å². The maximum atomic E-state index is 12.7. The molecule has 0 aliphatic carbocycles. The molecule has 144 valence electrons. The third-order valence-electron chi connectivity index (χ3n) is 4.32. The topological polar surface area (TPSA) is 75.7 Å². The highest BCUT2D eigenvalue weighted by Gasteiger charge is 2.26. The zero-order chi connectivity index (χ0) is 19.3. The summed E-state index contributed by atoms with van der Waals surface area (Å²) in [6, 6.07) is 13.5. The average molecular weight is 409 g/mol. The van der Waals surface area contributed by atoms with Crippen LogP contribution in [0.15, 0.2) is 53.4 Å². The second-order valence-corrected chi connectivity index (χ2v) is 8.55. The van der Waals surface area contributed by atoms with Crippen molar-refractivity contribution < 1.29 is 17.9 Å². The summed E-state index contributed by atoms with van der Waals surface area (Å²) in [7, 11) is -3.62. The Morgan fingerprint density at radius 3 is 2.52 bits per heavy atom. The Kier molecular flexibility index (Phi) is 6.49. The van der Waals surface area contributed by atoms with Crippen LogP contribution in [0.2, 0.25) is 5.02 Å². The molecule has 0 unspecified atom stereocenters. The van der Waals surface area contributed by atoms with E-state index in [4.69, 9.17) is 16.3 Å². The van der Waals surface area contributed by atoms with Crippen molar-refractivity contribution in [3.8, 4) is 0 Å². The molecule has 0 bridgehead atoms. The van der Waals surface area contributed by atoms with Crippen molar-refractivity contribution in [2.24, 2.45) is 0 Å². The summed E-state index contributed by atoms with van der Waals surface area (Å²) in [6.07, 6.45) is 0.661. The van der Waals surface area contributed by atoms with Gasteiger partial charge in [-0.15, -0.1) is 0 Å². The van der Waals surface area contributed by atoms with Gasteiger partial charge in [-0.1, -0.05) is 29.8 Å². The van der Waals surface area contributed by atoms with Crippen LogP contribution in [0.4, 0.5) is 0 Å². The van der Waals surface area contributed by atoms with Crippen LogP contribution in [0.25, 0.3) is 0 Å². The van der Waals surface area contributed by atoms with E-state index in [2.05, 4.69) is 5.32 Å². The lowest BCUT2D eigenvalue weighted by Crippen LogP contribution is -2.40. The predicted octanol–water partition coefficient (Wildman–Crippen LogP) is 2.33. The number of halogens is 1. The van der Waals surface area contributed by atoms with Crippen molar-refractivity contribution >= 4 is 27.5 Å². The first-order valence-electron chi connectivity index (χ1n) is 8.67. The number of amides is 1. The van der Waals surface area contributed by atoms with E-state index < -0.39 is 10.0 Å². The van der Waals surface area contributed by atoms with Crippen LogP contribution < -0.4 is 5.32 Å². The molecule has 0 spiro atoms. The number of nitrogens with zero attached hydrogens (tertiary/aromatic N) is 1. The predicted molar refractivity (Wildman–Crippen MR) is 104 cm³/mol. The fourth-order valence-electron chi connectivity index (χ4n) is 2.81. The van der Waals surface area contributed by atoms with E-state index in [9.17, 15) is 13.2 Å². The molecule has 8 heteroatoms. The monoisotopic (exact) mass is 408 g/mol. The molecule has 0 aromatic heterocycles. The summed E-state index contributed by atoms with van der Waals surface area (Å²) >= 11 is 5.85. The molecule has 1 fully saturated rings. The number of rotatable bonds is 6. The van der Waals surface area contributed by atoms with Gasteiger partial charge in [0.25, 0.3) is 5.91 Å². The average Bonchev–Trinajstić information content (AvgIpc) is 2.70. The van der Waals surface area contributed by atoms with E-state index in [1.54, 1.807) is 24.3 Å². The Morgan fingerprint density at radius 1 is 1.11 bits per heavy atom. The molecular formula is C19H21ClN2O4S. The highest BCUT2D eigenvalue weighted by Crippen LogP contribution is 2.18. The van der Waals surface area contributed by atoms with Gasteiger partial charge in [-0.3, -0.25) is 4.79 Å². The molecule has 6 nitrogen and oxygen atoms in total. The van der Waals surface area contributed by atoms with Gasteiger partial charge in [0.2, 0.25) is 10.0 Å². The summed E-state index contributed by atoms with van der Waals surface area (Å²) < 4.78 is 32.0. The Morgan fingerprint density at radius 2 is 1.81 bits per heavy atom. The van der Waals surface area contributed by atoms with Crippen LogP contribution in [0.5, 0.6) is 0 Å². The van der Waals surface area contributed by atoms with Crippen LogP contribution in [0, 0.1) is 0 Å². The van der Waals surface area contributed by atoms with Gasteiger partial charge in [0.15, 0.2) is 0 Å². The van der Waals surface area contributed by atoms with E-state index in [0.717, 1.165) is 5.56 Å². The van der Waals surface area contributed by atoms with Crippen LogP contribution >= 0.6 is 11.6 Å². The van der Waals surface area contributed by atoms with Crippen LogP contribution in [-0.2, 0) is 21.2 Å². The molecule has 3 rings (SSSR count). The van der Waals surface area contributed by atoms with Crippen molar-refractivity contribution in [1.82, 2.24) is 9.62 Å². The van der Waals surface area contributed by atoms with Crippen LogP contribution in [0.3, 0.4) is 0 Å². The van der Waals surface area contributed by atoms with Gasteiger partial charge in [-0.25, -0.2) is 8.42 Å². The summed E-state index contributed by atoms with van der Waals surface area (Å²) in [5.74, 6) is -0.303. The van der Waals surface area contributed by atoms with Gasteiger partial charge in [0.05, 0.1) is 18.1 Å². The molecular weight excluding hydrogens is 388 g/mol. The second kappa shape index (κ2) is 8.84. The summed E-state index contributed by atoms with van der Waals surface area (Å²) in [4.78, 5) is 12.5. The molecule has 1 saturated heterocycles. The minimum atomic E-state index is -3.62. The van der Waals surface area contributed by atoms with E-state index in [1.807, 2.05) is 12.1 Å². The molecule has 1 amide bonds. The minimum absolute atomic E-state index is 0.120. The van der Waals surface area contributed by atoms with Gasteiger partial charge in [-0.2, -0.15) is 4.31 Å². The lowest BCUT2D eigenvalue weighted by Gasteiger charge is -2.26. The third-order valence-corrected chi connectivity index (χ3v) is 6.46. The van der Waals surface area contributed by atoms with Gasteiger partial charge in [-0.05, 0) is 42.3 Å². The first-order valence-corrected chi connectivity index (χ1v) is 10.5. The number of hydrogen-bond donors (Lipinski definition) is 1. The molecule has 1 aliphatic heterocycles. The molecule has 1 aliphatic rings. The lowest BCUT2D eigenvalue weighted by molar-refractivity contribution is 0.0730. The zero-order valence-electron chi connectivity index (χ0n) is 14.7. The fraction of sp³-hybridized carbons (Fsp3) is 0.316. The maximum Gasteiger partial charge on any atom is 0.251 e. The largest absolute Gasteiger partial charge is 0.379 e. The standard InChI is InChI=1S/C19H21ClN2O4S/c20-17-6-4-15(5-7-17)8-9-21-19(23)16-2-1-3-18(14-16)27(24,25)22-10-12-26-13-11-22/h1-7,14H,8-13H2,(H,21,23). The first-order chi connectivity index (χ1) is 13.0. The van der Waals surface area contributed by atoms with Gasteiger partial charge in [0, 0.05) is 30.2 Å². The number of carbonyl (C=O) groups is 1. The van der Waals surface area contributed by atoms with Crippen LogP contribution in [0.1, 0.15) is 15.9 Å². The lowest BCUT2D eigenvalue weighted by atomic mass is 10.1. The van der Waals surface area contributed by atoms with Gasteiger partial charge in [0.1, 0.15) is 0 Å². The van der Waals surface area contributed by atoms with Gasteiger partial charge < -0.3 is 10.1 Å². The molecule has 1 N–H and O–H groups in total. The van der Waals surface area contributed by atoms with E-state index in [-0.39, 0.29) is 10.8 Å². The third kappa shape index (κ3) is 5.07. The Balaban J connectivity index is 1.63. The highest BCUT2D eigenvalue weighted by atomic mass is 35.5. The molecule has 1 heterocycles. The Hall–Kier alpha value is -1.93. The van der Waals surface area contributed by atoms with Crippen molar-refractivity contribution in [3.05, 3.63) is 64.7 Å². The summed E-state index contributed by atoms with van der Waals surface area (Å²) in [5.41, 5.74) is 1.38. The van der Waals surface area contributed by atoms with E-state index in [0.29, 0.717) is 49.9 Å². The molecule has 27 heavy (non-hydrogen) atoms. The SMILES string of the molecule is O=C(NCCc1ccc(Cl)cc1)c1cccc(S(=O)(=O)N2CCOCC2)c1. The van der Waals surface area contributed by atoms with Crippen molar-refractivity contribution in [1.29, 1.82) is 0 Å². The maximum absolute atomic E-state index is 12.7. The van der Waals surface area contributed by atoms with Crippen molar-refractivity contribution in [2.45, 2.75) is 11.3 Å². The number of morpholine rings is 1. The smallest absolute Gasteiger partial charge is 0.251 e. The molecule has 0 atom stereocenters. The zero-order valence-corrected chi connectivity index (χ0v) is 16.3. The minimum Gasteiger partial charge on any atom is -0.379 e. The van der Waals surface area contributed by atoms with E-state index >= 15 is 0 Å². The van der Waals surface area contributed by atoms with E-state index in [1.165, 1.54) is 16.4 Å². The number of nitrogens with one attached hydrogen (secondary N) is 1. The fourth-order valence-corrected chi connectivity index (χ4v) is 4.39. The second-order valence-electron chi connectivity index (χ2n) is 6.18. The van der Waals surface area contributed by atoms with Crippen LogP contribution in [-0.4, -0.2) is 51.5 Å². The van der Waals surface area contributed by atoms with Gasteiger partial charge >= 0.3 is 0 Å². The Labute approximate surface area is 164 Å². The summed E-state index contributed by atoms with van der Waals surface area (Å²) in [5, 5.41) is 3.49. The number of carbonyl (C=O) groups excluding carboxylic acids is 1.